The highest BCUT2D eigenvalue weighted by molar-refractivity contribution is 5.91. The third-order valence-electron chi connectivity index (χ3n) is 4.84. The summed E-state index contributed by atoms with van der Waals surface area (Å²) in [7, 11) is 4.32. The number of phenols is 2. The van der Waals surface area contributed by atoms with Crippen LogP contribution in [0, 0.1) is 0 Å². The standard InChI is InChI=1S/C23H24O8/c1-11(2)6-7-13-14(24)10-15(25)18-19(26)20(27)21(31-22(13)18)12-8-16(28-3)23(30-5)17(9-12)29-4/h6,8-10,24-25,27H,7H2,1-5H3. The predicted molar refractivity (Wildman–Crippen MR) is 116 cm³/mol. The van der Waals surface area contributed by atoms with Crippen molar-refractivity contribution in [3.8, 4) is 45.8 Å². The molecule has 0 aliphatic carbocycles. The largest absolute Gasteiger partial charge is 0.507 e. The van der Waals surface area contributed by atoms with Crippen LogP contribution in [0.2, 0.25) is 0 Å². The summed E-state index contributed by atoms with van der Waals surface area (Å²) >= 11 is 0. The molecule has 31 heavy (non-hydrogen) atoms. The molecule has 8 heteroatoms. The summed E-state index contributed by atoms with van der Waals surface area (Å²) < 4.78 is 21.9. The van der Waals surface area contributed by atoms with Crippen molar-refractivity contribution in [2.75, 3.05) is 21.3 Å². The molecule has 0 spiro atoms. The maximum atomic E-state index is 12.9. The molecule has 1 aromatic heterocycles. The van der Waals surface area contributed by atoms with Crippen LogP contribution in [0.3, 0.4) is 0 Å². The lowest BCUT2D eigenvalue weighted by Crippen LogP contribution is -2.05. The van der Waals surface area contributed by atoms with E-state index in [2.05, 4.69) is 0 Å². The Bertz CT molecular complexity index is 1210. The molecule has 0 bridgehead atoms. The monoisotopic (exact) mass is 428 g/mol. The average Bonchev–Trinajstić information content (AvgIpc) is 2.74. The van der Waals surface area contributed by atoms with Crippen LogP contribution in [-0.2, 0) is 6.42 Å². The summed E-state index contributed by atoms with van der Waals surface area (Å²) in [5, 5.41) is 31.0. The Balaban J connectivity index is 2.40. The van der Waals surface area contributed by atoms with E-state index in [1.807, 2.05) is 19.9 Å². The molecule has 2 aromatic carbocycles. The molecule has 0 unspecified atom stereocenters. The van der Waals surface area contributed by atoms with Crippen molar-refractivity contribution in [3.63, 3.8) is 0 Å². The number of rotatable bonds is 6. The Labute approximate surface area is 178 Å². The second-order valence-electron chi connectivity index (χ2n) is 7.11. The molecule has 8 nitrogen and oxygen atoms in total. The molecule has 164 valence electrons. The van der Waals surface area contributed by atoms with Gasteiger partial charge in [-0.05, 0) is 32.4 Å². The fourth-order valence-corrected chi connectivity index (χ4v) is 3.29. The molecule has 0 aliphatic rings. The van der Waals surface area contributed by atoms with Gasteiger partial charge in [0.2, 0.25) is 16.9 Å². The number of hydrogen-bond donors (Lipinski definition) is 3. The quantitative estimate of drug-likeness (QED) is 0.502. The predicted octanol–water partition coefficient (Wildman–Crippen LogP) is 4.11. The molecule has 0 saturated heterocycles. The van der Waals surface area contributed by atoms with E-state index in [-0.39, 0.29) is 34.5 Å². The van der Waals surface area contributed by atoms with E-state index in [4.69, 9.17) is 18.6 Å². The van der Waals surface area contributed by atoms with Gasteiger partial charge in [0.15, 0.2) is 17.3 Å². The smallest absolute Gasteiger partial charge is 0.238 e. The zero-order chi connectivity index (χ0) is 22.9. The number of allylic oxidation sites excluding steroid dienone is 2. The van der Waals surface area contributed by atoms with Crippen LogP contribution < -0.4 is 19.6 Å². The van der Waals surface area contributed by atoms with E-state index in [1.54, 1.807) is 0 Å². The number of fused-ring (bicyclic) bond motifs is 1. The fourth-order valence-electron chi connectivity index (χ4n) is 3.29. The molecular formula is C23H24O8. The van der Waals surface area contributed by atoms with E-state index in [0.717, 1.165) is 11.6 Å². The molecular weight excluding hydrogens is 404 g/mol. The normalized spacial score (nSPS) is 10.7. The van der Waals surface area contributed by atoms with Gasteiger partial charge in [-0.2, -0.15) is 0 Å². The van der Waals surface area contributed by atoms with Gasteiger partial charge in [0, 0.05) is 17.2 Å². The van der Waals surface area contributed by atoms with E-state index < -0.39 is 16.9 Å². The van der Waals surface area contributed by atoms with Crippen LogP contribution in [0.4, 0.5) is 0 Å². The molecule has 0 fully saturated rings. The first-order valence-electron chi connectivity index (χ1n) is 9.40. The Morgan fingerprint density at radius 1 is 0.968 bits per heavy atom. The van der Waals surface area contributed by atoms with Gasteiger partial charge in [-0.1, -0.05) is 11.6 Å². The van der Waals surface area contributed by atoms with Gasteiger partial charge in [-0.15, -0.1) is 0 Å². The lowest BCUT2D eigenvalue weighted by molar-refractivity contribution is 0.324. The summed E-state index contributed by atoms with van der Waals surface area (Å²) in [6.07, 6.45) is 2.10. The molecule has 0 saturated carbocycles. The maximum absolute atomic E-state index is 12.9. The molecule has 3 aromatic rings. The highest BCUT2D eigenvalue weighted by atomic mass is 16.5. The molecule has 3 N–H and O–H groups in total. The number of phenolic OH excluding ortho intramolecular Hbond substituents is 2. The Hall–Kier alpha value is -3.81. The number of hydrogen-bond acceptors (Lipinski definition) is 8. The van der Waals surface area contributed by atoms with Crippen LogP contribution in [-0.4, -0.2) is 36.6 Å². The highest BCUT2D eigenvalue weighted by Crippen LogP contribution is 2.44. The summed E-state index contributed by atoms with van der Waals surface area (Å²) in [5.74, 6) is -0.668. The first kappa shape index (κ1) is 21.9. The Morgan fingerprint density at radius 3 is 2.10 bits per heavy atom. The van der Waals surface area contributed by atoms with Gasteiger partial charge in [-0.3, -0.25) is 4.79 Å². The molecule has 0 amide bonds. The molecule has 0 radical (unpaired) electrons. The topological polar surface area (TPSA) is 119 Å². The van der Waals surface area contributed by atoms with Gasteiger partial charge in [0.25, 0.3) is 0 Å². The lowest BCUT2D eigenvalue weighted by Gasteiger charge is -2.15. The summed E-state index contributed by atoms with van der Waals surface area (Å²) in [4.78, 5) is 12.9. The van der Waals surface area contributed by atoms with E-state index in [1.165, 1.54) is 33.5 Å². The third-order valence-corrected chi connectivity index (χ3v) is 4.84. The van der Waals surface area contributed by atoms with Gasteiger partial charge in [0.05, 0.1) is 21.3 Å². The Kier molecular flexibility index (Phi) is 6.01. The Morgan fingerprint density at radius 2 is 1.58 bits per heavy atom. The first-order chi connectivity index (χ1) is 14.7. The number of benzene rings is 2. The second-order valence-corrected chi connectivity index (χ2v) is 7.11. The minimum atomic E-state index is -0.832. The van der Waals surface area contributed by atoms with Crippen LogP contribution in [0.15, 0.2) is 39.1 Å². The second kappa shape index (κ2) is 8.51. The molecule has 1 heterocycles. The number of aromatic hydroxyl groups is 3. The van der Waals surface area contributed by atoms with Gasteiger partial charge in [-0.25, -0.2) is 0 Å². The fraction of sp³-hybridized carbons (Fsp3) is 0.261. The van der Waals surface area contributed by atoms with E-state index in [0.29, 0.717) is 22.8 Å². The average molecular weight is 428 g/mol. The van der Waals surface area contributed by atoms with Crippen molar-refractivity contribution >= 4 is 11.0 Å². The van der Waals surface area contributed by atoms with Crippen LogP contribution in [0.25, 0.3) is 22.3 Å². The van der Waals surface area contributed by atoms with Crippen molar-refractivity contribution in [3.05, 3.63) is 45.6 Å². The molecule has 0 aliphatic heterocycles. The SMILES string of the molecule is COc1cc(-c2oc3c(CC=C(C)C)c(O)cc(O)c3c(=O)c2O)cc(OC)c1OC. The summed E-state index contributed by atoms with van der Waals surface area (Å²) in [6.45, 7) is 3.78. The first-order valence-corrected chi connectivity index (χ1v) is 9.40. The van der Waals surface area contributed by atoms with Crippen LogP contribution in [0.1, 0.15) is 19.4 Å². The highest BCUT2D eigenvalue weighted by Gasteiger charge is 2.24. The number of ether oxygens (including phenoxy) is 3. The summed E-state index contributed by atoms with van der Waals surface area (Å²) in [5.41, 5.74) is 0.718. The summed E-state index contributed by atoms with van der Waals surface area (Å²) in [6, 6.07) is 4.10. The van der Waals surface area contributed by atoms with Crippen molar-refractivity contribution in [2.24, 2.45) is 0 Å². The van der Waals surface area contributed by atoms with Crippen molar-refractivity contribution in [1.29, 1.82) is 0 Å². The van der Waals surface area contributed by atoms with E-state index >= 15 is 0 Å². The van der Waals surface area contributed by atoms with Crippen LogP contribution in [0.5, 0.6) is 34.5 Å². The third kappa shape index (κ3) is 3.84. The van der Waals surface area contributed by atoms with E-state index in [9.17, 15) is 20.1 Å². The zero-order valence-corrected chi connectivity index (χ0v) is 17.9. The van der Waals surface area contributed by atoms with Crippen molar-refractivity contribution < 1.29 is 33.9 Å². The molecule has 0 atom stereocenters. The zero-order valence-electron chi connectivity index (χ0n) is 17.9. The van der Waals surface area contributed by atoms with Crippen molar-refractivity contribution in [1.82, 2.24) is 0 Å². The van der Waals surface area contributed by atoms with Crippen molar-refractivity contribution in [2.45, 2.75) is 20.3 Å². The van der Waals surface area contributed by atoms with Gasteiger partial charge < -0.3 is 33.9 Å². The van der Waals surface area contributed by atoms with Crippen LogP contribution >= 0.6 is 0 Å². The number of methoxy groups -OCH3 is 3. The van der Waals surface area contributed by atoms with Gasteiger partial charge >= 0.3 is 0 Å². The molecule has 3 rings (SSSR count). The minimum Gasteiger partial charge on any atom is -0.507 e. The minimum absolute atomic E-state index is 0.0263. The maximum Gasteiger partial charge on any atom is 0.238 e. The van der Waals surface area contributed by atoms with Gasteiger partial charge in [0.1, 0.15) is 22.5 Å². The lowest BCUT2D eigenvalue weighted by atomic mass is 10.0.